The van der Waals surface area contributed by atoms with Crippen molar-refractivity contribution in [3.63, 3.8) is 0 Å². The van der Waals surface area contributed by atoms with Crippen LogP contribution in [0.5, 0.6) is 17.2 Å². The molecule has 3 aromatic rings. The van der Waals surface area contributed by atoms with Crippen LogP contribution in [0, 0.1) is 0 Å². The number of carbonyl (C=O) groups is 1. The van der Waals surface area contributed by atoms with Gasteiger partial charge in [0.05, 0.1) is 17.9 Å². The van der Waals surface area contributed by atoms with Crippen molar-refractivity contribution in [1.82, 2.24) is 5.43 Å². The topological polar surface area (TPSA) is 69.2 Å². The zero-order valence-corrected chi connectivity index (χ0v) is 23.4. The van der Waals surface area contributed by atoms with Gasteiger partial charge in [-0.1, -0.05) is 41.9 Å². The van der Waals surface area contributed by atoms with Crippen molar-refractivity contribution in [2.75, 3.05) is 25.2 Å². The number of thioether (sulfide) groups is 2. The molecule has 0 spiro atoms. The van der Waals surface area contributed by atoms with Gasteiger partial charge in [-0.25, -0.2) is 5.43 Å². The van der Waals surface area contributed by atoms with E-state index in [4.69, 9.17) is 25.8 Å². The van der Waals surface area contributed by atoms with Crippen LogP contribution in [0.3, 0.4) is 0 Å². The number of rotatable bonds is 10. The number of amides is 1. The Kier molecular flexibility index (Phi) is 9.86. The van der Waals surface area contributed by atoms with Gasteiger partial charge in [0.1, 0.15) is 12.4 Å². The summed E-state index contributed by atoms with van der Waals surface area (Å²) in [4.78, 5) is 12.2. The van der Waals surface area contributed by atoms with Gasteiger partial charge in [0.2, 0.25) is 0 Å². The predicted octanol–water partition coefficient (Wildman–Crippen LogP) is 6.70. The van der Waals surface area contributed by atoms with E-state index in [2.05, 4.69) is 26.5 Å². The van der Waals surface area contributed by atoms with E-state index in [0.29, 0.717) is 39.0 Å². The maximum Gasteiger partial charge on any atom is 0.277 e. The number of hydrazone groups is 1. The van der Waals surface area contributed by atoms with E-state index in [1.54, 1.807) is 19.2 Å². The first-order chi connectivity index (χ1) is 17.5. The minimum absolute atomic E-state index is 0.136. The molecule has 0 atom stereocenters. The van der Waals surface area contributed by atoms with Gasteiger partial charge >= 0.3 is 0 Å². The number of carbonyl (C=O) groups excluding carboxylic acids is 1. The molecule has 10 heteroatoms. The Bertz CT molecular complexity index is 1220. The van der Waals surface area contributed by atoms with Gasteiger partial charge in [0.15, 0.2) is 18.1 Å². The molecule has 3 aromatic carbocycles. The van der Waals surface area contributed by atoms with Crippen molar-refractivity contribution in [1.29, 1.82) is 0 Å². The summed E-state index contributed by atoms with van der Waals surface area (Å²) in [6, 6.07) is 18.9. The average Bonchev–Trinajstić information content (AvgIpc) is 3.43. The zero-order valence-electron chi connectivity index (χ0n) is 19.4. The van der Waals surface area contributed by atoms with E-state index >= 15 is 0 Å². The van der Waals surface area contributed by atoms with Gasteiger partial charge in [-0.2, -0.15) is 5.10 Å². The molecule has 1 amide bonds. The fourth-order valence-electron chi connectivity index (χ4n) is 3.32. The molecule has 0 saturated carbocycles. The van der Waals surface area contributed by atoms with Crippen molar-refractivity contribution >= 4 is 63.2 Å². The molecule has 1 saturated heterocycles. The molecule has 6 nitrogen and oxygen atoms in total. The highest BCUT2D eigenvalue weighted by Gasteiger charge is 2.18. The monoisotopic (exact) mass is 606 g/mol. The van der Waals surface area contributed by atoms with Crippen molar-refractivity contribution in [2.45, 2.75) is 11.2 Å². The maximum atomic E-state index is 12.2. The summed E-state index contributed by atoms with van der Waals surface area (Å²) in [7, 11) is 1.56. The highest BCUT2D eigenvalue weighted by Crippen LogP contribution is 2.45. The van der Waals surface area contributed by atoms with E-state index in [9.17, 15) is 4.79 Å². The van der Waals surface area contributed by atoms with Crippen LogP contribution < -0.4 is 19.6 Å². The lowest BCUT2D eigenvalue weighted by atomic mass is 10.2. The van der Waals surface area contributed by atoms with Crippen LogP contribution in [0.4, 0.5) is 0 Å². The summed E-state index contributed by atoms with van der Waals surface area (Å²) in [5.74, 6) is 3.72. The minimum atomic E-state index is -0.361. The lowest BCUT2D eigenvalue weighted by Crippen LogP contribution is -2.24. The second-order valence-electron chi connectivity index (χ2n) is 7.63. The Morgan fingerprint density at radius 1 is 1.11 bits per heavy atom. The summed E-state index contributed by atoms with van der Waals surface area (Å²) in [5, 5.41) is 4.67. The van der Waals surface area contributed by atoms with Crippen molar-refractivity contribution in [3.8, 4) is 17.2 Å². The molecule has 0 aliphatic carbocycles. The van der Waals surface area contributed by atoms with Crippen LogP contribution in [0.1, 0.15) is 21.3 Å². The number of nitrogens with one attached hydrogen (secondary N) is 1. The molecule has 1 heterocycles. The smallest absolute Gasteiger partial charge is 0.277 e. The molecule has 0 aromatic heterocycles. The minimum Gasteiger partial charge on any atom is -0.493 e. The maximum absolute atomic E-state index is 12.2. The molecular weight excluding hydrogens is 584 g/mol. The van der Waals surface area contributed by atoms with Gasteiger partial charge in [-0.15, -0.1) is 23.5 Å². The number of hydrogen-bond acceptors (Lipinski definition) is 7. The highest BCUT2D eigenvalue weighted by molar-refractivity contribution is 9.10. The third-order valence-corrected chi connectivity index (χ3v) is 9.32. The van der Waals surface area contributed by atoms with E-state index in [-0.39, 0.29) is 12.5 Å². The molecule has 1 aliphatic rings. The average molecular weight is 608 g/mol. The third kappa shape index (κ3) is 7.35. The first-order valence-corrected chi connectivity index (χ1v) is 14.3. The number of hydrogen-bond donors (Lipinski definition) is 1. The van der Waals surface area contributed by atoms with Gasteiger partial charge < -0.3 is 14.2 Å². The summed E-state index contributed by atoms with van der Waals surface area (Å²) in [6.45, 7) is 0.163. The molecular formula is C26H24BrClN2O4S2. The number of nitrogens with zero attached hydrogens (tertiary/aromatic N) is 1. The van der Waals surface area contributed by atoms with Gasteiger partial charge in [-0.05, 0) is 51.8 Å². The van der Waals surface area contributed by atoms with Crippen LogP contribution in [0.25, 0.3) is 0 Å². The van der Waals surface area contributed by atoms with Gasteiger partial charge in [0.25, 0.3) is 5.91 Å². The van der Waals surface area contributed by atoms with E-state index in [1.807, 2.05) is 72.1 Å². The number of benzene rings is 3. The fourth-order valence-corrected chi connectivity index (χ4v) is 6.79. The van der Waals surface area contributed by atoms with Crippen molar-refractivity contribution < 1.29 is 19.0 Å². The summed E-state index contributed by atoms with van der Waals surface area (Å²) in [5.41, 5.74) is 5.33. The van der Waals surface area contributed by atoms with Gasteiger partial charge in [0, 0.05) is 32.1 Å². The molecule has 1 fully saturated rings. The number of ether oxygens (including phenoxy) is 3. The van der Waals surface area contributed by atoms with Crippen LogP contribution in [0.15, 0.2) is 70.2 Å². The molecule has 4 rings (SSSR count). The quantitative estimate of drug-likeness (QED) is 0.204. The highest BCUT2D eigenvalue weighted by atomic mass is 79.9. The number of halogens is 2. The number of methoxy groups -OCH3 is 1. The fraction of sp³-hybridized carbons (Fsp3) is 0.231. The molecule has 0 bridgehead atoms. The van der Waals surface area contributed by atoms with Crippen LogP contribution >= 0.6 is 51.1 Å². The first kappa shape index (κ1) is 26.7. The summed E-state index contributed by atoms with van der Waals surface area (Å²) in [6.07, 6.45) is 1.52. The molecule has 1 aliphatic heterocycles. The lowest BCUT2D eigenvalue weighted by molar-refractivity contribution is -0.123. The Morgan fingerprint density at radius 3 is 2.58 bits per heavy atom. The Morgan fingerprint density at radius 2 is 1.86 bits per heavy atom. The normalized spacial score (nSPS) is 13.6. The van der Waals surface area contributed by atoms with Crippen LogP contribution in [0.2, 0.25) is 5.02 Å². The SMILES string of the molecule is COc1cc(/C=N\NC(=O)COc2ccc(C3SCCS3)cc2)c(Br)cc1OCc1ccccc1Cl. The Labute approximate surface area is 232 Å². The lowest BCUT2D eigenvalue weighted by Gasteiger charge is -2.13. The van der Waals surface area contributed by atoms with Crippen LogP contribution in [-0.4, -0.2) is 37.3 Å². The molecule has 1 N–H and O–H groups in total. The van der Waals surface area contributed by atoms with Crippen molar-refractivity contribution in [3.05, 3.63) is 86.8 Å². The van der Waals surface area contributed by atoms with Crippen LogP contribution in [-0.2, 0) is 11.4 Å². The van der Waals surface area contributed by atoms with E-state index in [0.717, 1.165) is 10.0 Å². The van der Waals surface area contributed by atoms with E-state index < -0.39 is 0 Å². The Balaban J connectivity index is 1.29. The molecule has 0 unspecified atom stereocenters. The first-order valence-electron chi connectivity index (χ1n) is 11.0. The standard InChI is InChI=1S/C26H24BrClN2O4S2/c1-32-23-12-19(21(27)13-24(23)34-15-18-4-2-3-5-22(18)28)14-29-30-25(31)16-33-20-8-6-17(7-9-20)26-35-10-11-36-26/h2-9,12-14,26H,10-11,15-16H2,1H3,(H,30,31)/b29-14-. The summed E-state index contributed by atoms with van der Waals surface area (Å²) < 4.78 is 18.2. The molecule has 188 valence electrons. The predicted molar refractivity (Wildman–Crippen MR) is 152 cm³/mol. The molecule has 0 radical (unpaired) electrons. The second-order valence-corrected chi connectivity index (χ2v) is 11.6. The van der Waals surface area contributed by atoms with Gasteiger partial charge in [-0.3, -0.25) is 4.79 Å². The van der Waals surface area contributed by atoms with Crippen molar-refractivity contribution in [2.24, 2.45) is 5.10 Å². The Hall–Kier alpha value is -2.33. The zero-order chi connectivity index (χ0) is 25.3. The molecule has 36 heavy (non-hydrogen) atoms. The third-order valence-electron chi connectivity index (χ3n) is 5.16. The second kappa shape index (κ2) is 13.3. The largest absolute Gasteiger partial charge is 0.493 e. The summed E-state index contributed by atoms with van der Waals surface area (Å²) >= 11 is 13.6. The van der Waals surface area contributed by atoms with E-state index in [1.165, 1.54) is 23.3 Å².